The topological polar surface area (TPSA) is 89.5 Å². The summed E-state index contributed by atoms with van der Waals surface area (Å²) in [5.74, 6) is 1.76. The number of carbonyl (C=O) groups is 2. The molecule has 0 amide bonds. The van der Waals surface area contributed by atoms with E-state index < -0.39 is 6.10 Å². The molecule has 0 N–H and O–H groups in total. The molecule has 3 aliphatic rings. The van der Waals surface area contributed by atoms with Crippen molar-refractivity contribution in [3.05, 3.63) is 76.3 Å². The van der Waals surface area contributed by atoms with Crippen molar-refractivity contribution in [2.24, 2.45) is 0 Å². The van der Waals surface area contributed by atoms with Crippen LogP contribution in [0, 0.1) is 6.92 Å². The molecule has 1 saturated heterocycles. The Morgan fingerprint density at radius 3 is 2.59 bits per heavy atom. The molecule has 0 aromatic heterocycles. The van der Waals surface area contributed by atoms with Crippen molar-refractivity contribution in [2.45, 2.75) is 57.8 Å². The number of benzene rings is 3. The maximum Gasteiger partial charge on any atom is 0.306 e. The molecule has 0 radical (unpaired) electrons. The van der Waals surface area contributed by atoms with Crippen molar-refractivity contribution in [1.82, 2.24) is 0 Å². The number of rotatable bonds is 9. The van der Waals surface area contributed by atoms with Gasteiger partial charge in [0.25, 0.3) is 0 Å². The molecule has 8 nitrogen and oxygen atoms in total. The standard InChI is InChI=1S/C33H34O8/c1-19-11-29(41-31-18-37-17-30(31)40-20(2)34)26-9-10-27(26)33(19)22-6-4-5-21(12-22)15-38-24-7-8-25-23(13-32(35)36-3)16-39-28(25)14-24/h4-8,11-12,14,23,30-31H,9-10,13,15-18H2,1-3H3/t23-,30?,31?/m1/s1. The third kappa shape index (κ3) is 5.61. The van der Waals surface area contributed by atoms with Crippen LogP contribution in [0.2, 0.25) is 0 Å². The molecule has 41 heavy (non-hydrogen) atoms. The van der Waals surface area contributed by atoms with E-state index in [0.717, 1.165) is 52.3 Å². The van der Waals surface area contributed by atoms with Gasteiger partial charge in [0.15, 0.2) is 12.2 Å². The first-order chi connectivity index (χ1) is 19.9. The average molecular weight is 559 g/mol. The predicted molar refractivity (Wildman–Crippen MR) is 150 cm³/mol. The Labute approximate surface area is 239 Å². The van der Waals surface area contributed by atoms with E-state index in [4.69, 9.17) is 28.4 Å². The summed E-state index contributed by atoms with van der Waals surface area (Å²) in [4.78, 5) is 23.2. The number of ether oxygens (including phenoxy) is 6. The molecule has 1 fully saturated rings. The lowest BCUT2D eigenvalue weighted by Gasteiger charge is -2.30. The summed E-state index contributed by atoms with van der Waals surface area (Å²) in [5, 5.41) is 0. The Kier molecular flexibility index (Phi) is 7.58. The van der Waals surface area contributed by atoms with Gasteiger partial charge in [0.1, 0.15) is 23.9 Å². The van der Waals surface area contributed by atoms with Gasteiger partial charge in [-0.25, -0.2) is 0 Å². The molecule has 214 valence electrons. The molecule has 0 spiro atoms. The average Bonchev–Trinajstić information content (AvgIpc) is 3.54. The van der Waals surface area contributed by atoms with Crippen LogP contribution in [-0.2, 0) is 43.2 Å². The van der Waals surface area contributed by atoms with Crippen molar-refractivity contribution in [3.8, 4) is 28.4 Å². The van der Waals surface area contributed by atoms with Gasteiger partial charge in [-0.2, -0.15) is 0 Å². The fourth-order valence-corrected chi connectivity index (χ4v) is 5.92. The first-order valence-electron chi connectivity index (χ1n) is 14.0. The molecule has 0 saturated carbocycles. The van der Waals surface area contributed by atoms with Crippen LogP contribution in [0.25, 0.3) is 11.1 Å². The fourth-order valence-electron chi connectivity index (χ4n) is 5.92. The van der Waals surface area contributed by atoms with Gasteiger partial charge in [-0.05, 0) is 71.3 Å². The van der Waals surface area contributed by atoms with Gasteiger partial charge >= 0.3 is 11.9 Å². The van der Waals surface area contributed by atoms with E-state index >= 15 is 0 Å². The number of methoxy groups -OCH3 is 1. The number of esters is 2. The maximum absolute atomic E-state index is 11.7. The van der Waals surface area contributed by atoms with Crippen LogP contribution in [0.3, 0.4) is 0 Å². The van der Waals surface area contributed by atoms with Gasteiger partial charge in [0.05, 0.1) is 33.4 Å². The summed E-state index contributed by atoms with van der Waals surface area (Å²) in [7, 11) is 1.40. The van der Waals surface area contributed by atoms with Gasteiger partial charge in [0.2, 0.25) is 0 Å². The molecule has 0 bridgehead atoms. The summed E-state index contributed by atoms with van der Waals surface area (Å²) in [6.45, 7) is 5.15. The molecule has 3 aromatic rings. The number of hydrogen-bond acceptors (Lipinski definition) is 8. The van der Waals surface area contributed by atoms with Crippen molar-refractivity contribution in [2.75, 3.05) is 26.9 Å². The Bertz CT molecular complexity index is 1480. The van der Waals surface area contributed by atoms with Crippen LogP contribution in [-0.4, -0.2) is 51.1 Å². The molecule has 2 unspecified atom stereocenters. The normalized spacial score (nSPS) is 20.3. The molecule has 3 atom stereocenters. The Balaban J connectivity index is 1.15. The zero-order valence-corrected chi connectivity index (χ0v) is 23.6. The van der Waals surface area contributed by atoms with Crippen LogP contribution in [0.4, 0.5) is 0 Å². The van der Waals surface area contributed by atoms with E-state index in [9.17, 15) is 9.59 Å². The summed E-state index contributed by atoms with van der Waals surface area (Å²) in [6, 6.07) is 16.3. The number of carbonyl (C=O) groups excluding carboxylic acids is 2. The molecule has 2 heterocycles. The van der Waals surface area contributed by atoms with E-state index in [1.807, 2.05) is 18.2 Å². The summed E-state index contributed by atoms with van der Waals surface area (Å²) in [5.41, 5.74) is 8.11. The second-order valence-corrected chi connectivity index (χ2v) is 10.8. The lowest BCUT2D eigenvalue weighted by Crippen LogP contribution is -2.34. The quantitative estimate of drug-likeness (QED) is 0.336. The Hall–Kier alpha value is -4.04. The second kappa shape index (κ2) is 11.4. The Morgan fingerprint density at radius 2 is 1.80 bits per heavy atom. The van der Waals surface area contributed by atoms with Crippen LogP contribution >= 0.6 is 0 Å². The predicted octanol–water partition coefficient (Wildman–Crippen LogP) is 5.09. The van der Waals surface area contributed by atoms with Crippen LogP contribution in [0.5, 0.6) is 17.2 Å². The summed E-state index contributed by atoms with van der Waals surface area (Å²) >= 11 is 0. The highest BCUT2D eigenvalue weighted by Gasteiger charge is 2.35. The fraction of sp³-hybridized carbons (Fsp3) is 0.394. The van der Waals surface area contributed by atoms with Crippen LogP contribution in [0.15, 0.2) is 48.5 Å². The van der Waals surface area contributed by atoms with Gasteiger partial charge in [-0.15, -0.1) is 0 Å². The minimum atomic E-state index is -0.390. The van der Waals surface area contributed by atoms with Crippen molar-refractivity contribution >= 4 is 11.9 Å². The smallest absolute Gasteiger partial charge is 0.306 e. The van der Waals surface area contributed by atoms with Gasteiger partial charge in [-0.3, -0.25) is 9.59 Å². The lowest BCUT2D eigenvalue weighted by atomic mass is 9.79. The highest BCUT2D eigenvalue weighted by molar-refractivity contribution is 5.77. The number of fused-ring (bicyclic) bond motifs is 2. The minimum Gasteiger partial charge on any atom is -0.492 e. The molecule has 3 aromatic carbocycles. The lowest BCUT2D eigenvalue weighted by molar-refractivity contribution is -0.149. The van der Waals surface area contributed by atoms with E-state index in [-0.39, 0.29) is 24.0 Å². The van der Waals surface area contributed by atoms with Crippen LogP contribution in [0.1, 0.15) is 47.1 Å². The molecule has 8 heteroatoms. The second-order valence-electron chi connectivity index (χ2n) is 10.8. The van der Waals surface area contributed by atoms with Gasteiger partial charge < -0.3 is 28.4 Å². The largest absolute Gasteiger partial charge is 0.492 e. The first-order valence-corrected chi connectivity index (χ1v) is 14.0. The van der Waals surface area contributed by atoms with Crippen molar-refractivity contribution in [1.29, 1.82) is 0 Å². The monoisotopic (exact) mass is 558 g/mol. The molecular formula is C33H34O8. The number of hydrogen-bond donors (Lipinski definition) is 0. The zero-order chi connectivity index (χ0) is 28.5. The van der Waals surface area contributed by atoms with Gasteiger partial charge in [0, 0.05) is 24.5 Å². The van der Waals surface area contributed by atoms with E-state index in [1.165, 1.54) is 30.7 Å². The molecule has 6 rings (SSSR count). The first kappa shape index (κ1) is 27.1. The van der Waals surface area contributed by atoms with Gasteiger partial charge in [-0.1, -0.05) is 24.3 Å². The molecule has 2 aliphatic heterocycles. The third-order valence-corrected chi connectivity index (χ3v) is 8.03. The number of aryl methyl sites for hydroxylation is 1. The maximum atomic E-state index is 11.7. The molecular weight excluding hydrogens is 524 g/mol. The van der Waals surface area contributed by atoms with E-state index in [2.05, 4.69) is 37.3 Å². The highest BCUT2D eigenvalue weighted by atomic mass is 16.6. The summed E-state index contributed by atoms with van der Waals surface area (Å²) < 4.78 is 34.0. The van der Waals surface area contributed by atoms with Crippen molar-refractivity contribution < 1.29 is 38.0 Å². The van der Waals surface area contributed by atoms with E-state index in [0.29, 0.717) is 32.8 Å². The minimum absolute atomic E-state index is 0.00246. The molecule has 1 aliphatic carbocycles. The Morgan fingerprint density at radius 1 is 0.976 bits per heavy atom. The zero-order valence-electron chi connectivity index (χ0n) is 23.6. The summed E-state index contributed by atoms with van der Waals surface area (Å²) in [6.07, 6.45) is 1.55. The van der Waals surface area contributed by atoms with Crippen LogP contribution < -0.4 is 14.2 Å². The van der Waals surface area contributed by atoms with Crippen molar-refractivity contribution in [3.63, 3.8) is 0 Å². The van der Waals surface area contributed by atoms with E-state index in [1.54, 1.807) is 0 Å². The third-order valence-electron chi connectivity index (χ3n) is 8.03. The highest BCUT2D eigenvalue weighted by Crippen LogP contribution is 2.43. The SMILES string of the molecule is COC(=O)C[C@@H]1COc2cc(OCc3cccc(-c4c(C)cc(OC5COCC5OC(C)=O)c5c4CC5)c3)ccc21.